The van der Waals surface area contributed by atoms with Crippen molar-refractivity contribution in [2.24, 2.45) is 0 Å². The van der Waals surface area contributed by atoms with Crippen LogP contribution in [0.2, 0.25) is 0 Å². The smallest absolute Gasteiger partial charge is 0.374 e. The van der Waals surface area contributed by atoms with Crippen molar-refractivity contribution in [3.8, 4) is 0 Å². The highest BCUT2D eigenvalue weighted by atomic mass is 79.9. The van der Waals surface area contributed by atoms with Gasteiger partial charge in [-0.2, -0.15) is 0 Å². The second-order valence-electron chi connectivity index (χ2n) is 3.96. The monoisotopic (exact) mass is 369 g/mol. The van der Waals surface area contributed by atoms with Gasteiger partial charge in [0.25, 0.3) is 5.91 Å². The zero-order chi connectivity index (χ0) is 15.2. The van der Waals surface area contributed by atoms with Crippen molar-refractivity contribution in [3.63, 3.8) is 0 Å². The Kier molecular flexibility index (Phi) is 5.46. The highest BCUT2D eigenvalue weighted by Gasteiger charge is 2.14. The molecule has 0 spiro atoms. The molecule has 0 radical (unpaired) electrons. The first kappa shape index (κ1) is 15.7. The van der Waals surface area contributed by atoms with Gasteiger partial charge >= 0.3 is 5.97 Å². The summed E-state index contributed by atoms with van der Waals surface area (Å²) < 4.78 is 10.3. The number of ether oxygens (including phenoxy) is 1. The fourth-order valence-corrected chi connectivity index (χ4v) is 2.29. The number of carbonyl (C=O) groups excluding carboxylic acids is 2. The fourth-order valence-electron chi connectivity index (χ4n) is 1.52. The van der Waals surface area contributed by atoms with Crippen molar-refractivity contribution >= 4 is 45.3 Å². The number of rotatable bonds is 5. The molecule has 0 atom stereocenters. The number of halogens is 1. The molecule has 2 aromatic rings. The summed E-state index contributed by atoms with van der Waals surface area (Å²) in [6.45, 7) is -0.374. The number of anilines is 1. The maximum Gasteiger partial charge on any atom is 0.374 e. The van der Waals surface area contributed by atoms with Crippen LogP contribution < -0.4 is 5.32 Å². The van der Waals surface area contributed by atoms with Gasteiger partial charge in [0.05, 0.1) is 0 Å². The van der Waals surface area contributed by atoms with E-state index in [0.29, 0.717) is 10.4 Å². The molecule has 0 saturated heterocycles. The molecular weight excluding hydrogens is 358 g/mol. The first-order valence-electron chi connectivity index (χ1n) is 5.95. The van der Waals surface area contributed by atoms with Crippen LogP contribution in [-0.2, 0) is 9.53 Å². The highest BCUT2D eigenvalue weighted by molar-refractivity contribution is 9.10. The van der Waals surface area contributed by atoms with Crippen molar-refractivity contribution in [1.29, 1.82) is 0 Å². The number of esters is 1. The lowest BCUT2D eigenvalue weighted by Gasteiger charge is -2.06. The van der Waals surface area contributed by atoms with E-state index in [2.05, 4.69) is 21.2 Å². The summed E-state index contributed by atoms with van der Waals surface area (Å²) in [7, 11) is 0. The van der Waals surface area contributed by atoms with Crippen LogP contribution in [-0.4, -0.2) is 24.7 Å². The second kappa shape index (κ2) is 7.33. The number of amides is 1. The molecule has 1 amide bonds. The number of hydrogen-bond donors (Lipinski definition) is 1. The van der Waals surface area contributed by atoms with Crippen molar-refractivity contribution in [2.75, 3.05) is 18.2 Å². The molecular formula is C14H12BrNO4S. The summed E-state index contributed by atoms with van der Waals surface area (Å²) in [5, 5.41) is 2.66. The molecule has 5 nitrogen and oxygen atoms in total. The topological polar surface area (TPSA) is 68.5 Å². The van der Waals surface area contributed by atoms with E-state index in [1.165, 1.54) is 6.07 Å². The van der Waals surface area contributed by atoms with Gasteiger partial charge in [-0.05, 0) is 52.5 Å². The zero-order valence-electron chi connectivity index (χ0n) is 11.1. The first-order chi connectivity index (χ1) is 10.1. The molecule has 0 fully saturated rings. The quantitative estimate of drug-likeness (QED) is 0.644. The summed E-state index contributed by atoms with van der Waals surface area (Å²) >= 11 is 4.66. The Morgan fingerprint density at radius 2 is 2.14 bits per heavy atom. The largest absolute Gasteiger partial charge is 0.450 e. The van der Waals surface area contributed by atoms with Crippen LogP contribution in [0, 0.1) is 0 Å². The molecule has 0 saturated carbocycles. The van der Waals surface area contributed by atoms with Crippen LogP contribution in [0.5, 0.6) is 0 Å². The number of benzene rings is 1. The minimum atomic E-state index is -0.686. The molecule has 0 unspecified atom stereocenters. The molecule has 0 aliphatic carbocycles. The summed E-state index contributed by atoms with van der Waals surface area (Å²) in [5.74, 6) is -1.06. The lowest BCUT2D eigenvalue weighted by atomic mass is 10.3. The van der Waals surface area contributed by atoms with Crippen molar-refractivity contribution in [2.45, 2.75) is 4.90 Å². The molecule has 110 valence electrons. The fraction of sp³-hybridized carbons (Fsp3) is 0.143. The summed E-state index contributed by atoms with van der Waals surface area (Å²) in [6, 6.07) is 10.4. The highest BCUT2D eigenvalue weighted by Crippen LogP contribution is 2.19. The van der Waals surface area contributed by atoms with Crippen molar-refractivity contribution in [1.82, 2.24) is 0 Å². The van der Waals surface area contributed by atoms with Gasteiger partial charge in [0, 0.05) is 10.6 Å². The van der Waals surface area contributed by atoms with Crippen LogP contribution in [0.4, 0.5) is 5.69 Å². The third-order valence-electron chi connectivity index (χ3n) is 2.46. The van der Waals surface area contributed by atoms with Crippen LogP contribution in [0.1, 0.15) is 10.6 Å². The van der Waals surface area contributed by atoms with E-state index in [-0.39, 0.29) is 12.4 Å². The predicted octanol–water partition coefficient (Wildman–Crippen LogP) is 3.56. The average Bonchev–Trinajstić information content (AvgIpc) is 2.91. The van der Waals surface area contributed by atoms with Gasteiger partial charge in [0.15, 0.2) is 11.3 Å². The van der Waals surface area contributed by atoms with Gasteiger partial charge < -0.3 is 14.5 Å². The van der Waals surface area contributed by atoms with E-state index < -0.39 is 11.9 Å². The Balaban J connectivity index is 1.85. The molecule has 21 heavy (non-hydrogen) atoms. The third kappa shape index (κ3) is 4.64. The maximum atomic E-state index is 11.7. The predicted molar refractivity (Wildman–Crippen MR) is 83.5 cm³/mol. The molecule has 0 aliphatic heterocycles. The molecule has 1 aromatic heterocycles. The van der Waals surface area contributed by atoms with Crippen LogP contribution in [0.15, 0.2) is 50.4 Å². The number of nitrogens with one attached hydrogen (secondary N) is 1. The number of carbonyl (C=O) groups is 2. The Morgan fingerprint density at radius 3 is 2.81 bits per heavy atom. The number of hydrogen-bond acceptors (Lipinski definition) is 5. The van der Waals surface area contributed by atoms with E-state index in [0.717, 1.165) is 4.90 Å². The molecule has 0 bridgehead atoms. The number of furan rings is 1. The van der Waals surface area contributed by atoms with Gasteiger partial charge in [-0.1, -0.05) is 6.07 Å². The first-order valence-corrected chi connectivity index (χ1v) is 7.96. The number of thioether (sulfide) groups is 1. The second-order valence-corrected chi connectivity index (χ2v) is 5.62. The lowest BCUT2D eigenvalue weighted by molar-refractivity contribution is -0.119. The van der Waals surface area contributed by atoms with Crippen molar-refractivity contribution in [3.05, 3.63) is 46.8 Å². The van der Waals surface area contributed by atoms with Gasteiger partial charge in [0.1, 0.15) is 0 Å². The van der Waals surface area contributed by atoms with E-state index in [9.17, 15) is 9.59 Å². The van der Waals surface area contributed by atoms with Crippen LogP contribution in [0.3, 0.4) is 0 Å². The Hall–Kier alpha value is -1.73. The van der Waals surface area contributed by atoms with Gasteiger partial charge in [-0.3, -0.25) is 4.79 Å². The minimum Gasteiger partial charge on any atom is -0.450 e. The standard InChI is InChI=1S/C14H12BrNO4S/c1-21-10-4-2-3-9(7-10)16-13(17)8-19-14(18)11-5-6-12(15)20-11/h2-7H,8H2,1H3,(H,16,17). The van der Waals surface area contributed by atoms with E-state index in [1.54, 1.807) is 23.9 Å². The maximum absolute atomic E-state index is 11.7. The molecule has 0 aliphatic rings. The van der Waals surface area contributed by atoms with Crippen LogP contribution in [0.25, 0.3) is 0 Å². The Bertz CT molecular complexity index is 656. The van der Waals surface area contributed by atoms with Gasteiger partial charge in [0.2, 0.25) is 5.76 Å². The summed E-state index contributed by atoms with van der Waals surface area (Å²) in [5.41, 5.74) is 0.656. The van der Waals surface area contributed by atoms with E-state index in [1.807, 2.05) is 24.5 Å². The molecule has 7 heteroatoms. The van der Waals surface area contributed by atoms with Gasteiger partial charge in [-0.25, -0.2) is 4.79 Å². The molecule has 2 rings (SSSR count). The Morgan fingerprint density at radius 1 is 1.33 bits per heavy atom. The normalized spacial score (nSPS) is 10.2. The Labute approximate surface area is 134 Å². The molecule has 1 aromatic carbocycles. The summed E-state index contributed by atoms with van der Waals surface area (Å²) in [4.78, 5) is 24.3. The van der Waals surface area contributed by atoms with E-state index >= 15 is 0 Å². The van der Waals surface area contributed by atoms with Crippen molar-refractivity contribution < 1.29 is 18.7 Å². The summed E-state index contributed by atoms with van der Waals surface area (Å²) in [6.07, 6.45) is 1.95. The lowest BCUT2D eigenvalue weighted by Crippen LogP contribution is -2.20. The molecule has 1 N–H and O–H groups in total. The SMILES string of the molecule is CSc1cccc(NC(=O)COC(=O)c2ccc(Br)o2)c1. The van der Waals surface area contributed by atoms with Gasteiger partial charge in [-0.15, -0.1) is 11.8 Å². The molecule has 1 heterocycles. The minimum absolute atomic E-state index is 0.0408. The van der Waals surface area contributed by atoms with Crippen LogP contribution >= 0.6 is 27.7 Å². The zero-order valence-corrected chi connectivity index (χ0v) is 13.5. The van der Waals surface area contributed by atoms with E-state index in [4.69, 9.17) is 9.15 Å². The average molecular weight is 370 g/mol. The third-order valence-corrected chi connectivity index (χ3v) is 3.61.